The second kappa shape index (κ2) is 75.4. The minimum atomic E-state index is -0.552. The maximum Gasteiger partial charge on any atom is 0.217 e. The third-order valence-electron chi connectivity index (χ3n) is 25.3. The van der Waals surface area contributed by atoms with Crippen molar-refractivity contribution in [3.8, 4) is 0 Å². The summed E-state index contributed by atoms with van der Waals surface area (Å²) in [6.07, 6.45) is 63.0. The van der Waals surface area contributed by atoms with Gasteiger partial charge in [0.2, 0.25) is 41.4 Å². The van der Waals surface area contributed by atoms with Crippen molar-refractivity contribution in [2.45, 2.75) is 505 Å². The van der Waals surface area contributed by atoms with Gasteiger partial charge in [-0.2, -0.15) is 0 Å². The van der Waals surface area contributed by atoms with Crippen LogP contribution in [0.5, 0.6) is 0 Å². The molecule has 2 aromatic carbocycles. The second-order valence-corrected chi connectivity index (χ2v) is 36.3. The highest BCUT2D eigenvalue weighted by molar-refractivity contribution is 6.05. The number of rotatable bonds is 91. The van der Waals surface area contributed by atoms with Crippen molar-refractivity contribution in [2.75, 3.05) is 0 Å². The van der Waals surface area contributed by atoms with Gasteiger partial charge >= 0.3 is 0 Å². The van der Waals surface area contributed by atoms with Gasteiger partial charge < -0.3 is 51.0 Å². The van der Waals surface area contributed by atoms with E-state index < -0.39 is 23.7 Å². The van der Waals surface area contributed by atoms with Crippen LogP contribution in [0.25, 0.3) is 10.8 Å². The zero-order valence-corrected chi connectivity index (χ0v) is 76.8. The lowest BCUT2D eigenvalue weighted by Crippen LogP contribution is -2.21. The monoisotopic (exact) mass is 1710 g/mol. The van der Waals surface area contributed by atoms with E-state index in [4.69, 9.17) is 45.9 Å². The number of primary amides is 7. The fourth-order valence-corrected chi connectivity index (χ4v) is 18.1. The van der Waals surface area contributed by atoms with Crippen LogP contribution < -0.4 is 45.9 Å². The number of aliphatic hydroxyl groups excluding tert-OH is 1. The Labute approximate surface area is 738 Å². The first kappa shape index (κ1) is 111. The van der Waals surface area contributed by atoms with Crippen LogP contribution in [0.1, 0.15) is 527 Å². The number of ketones is 4. The van der Waals surface area contributed by atoms with Crippen LogP contribution in [0, 0.1) is 0 Å². The van der Waals surface area contributed by atoms with Gasteiger partial charge in [0.1, 0.15) is 23.1 Å². The first-order valence-electron chi connectivity index (χ1n) is 49.9. The molecule has 0 aliphatic rings. The zero-order valence-electron chi connectivity index (χ0n) is 76.8. The van der Waals surface area contributed by atoms with Gasteiger partial charge in [0, 0.05) is 94.3 Å². The fourth-order valence-electron chi connectivity index (χ4n) is 18.1. The highest BCUT2D eigenvalue weighted by Crippen LogP contribution is 2.47. The number of allylic oxidation sites excluding steroid dienone is 1. The summed E-state index contributed by atoms with van der Waals surface area (Å²) in [5.74, 6) is -3.64. The van der Waals surface area contributed by atoms with Crippen LogP contribution in [0.4, 0.5) is 0 Å². The smallest absolute Gasteiger partial charge is 0.217 e. The highest BCUT2D eigenvalue weighted by atomic mass is 16.3. The summed E-state index contributed by atoms with van der Waals surface area (Å²) in [6.45, 7) is 0. The van der Waals surface area contributed by atoms with E-state index in [1.165, 1.54) is 0 Å². The van der Waals surface area contributed by atoms with E-state index in [0.29, 0.717) is 96.3 Å². The molecule has 0 fully saturated rings. The van der Waals surface area contributed by atoms with Crippen LogP contribution in [0.15, 0.2) is 36.2 Å². The van der Waals surface area contributed by atoms with Crippen LogP contribution >= 0.6 is 0 Å². The van der Waals surface area contributed by atoms with Crippen molar-refractivity contribution in [1.82, 2.24) is 0 Å². The Morgan fingerprint density at radius 3 is 0.475 bits per heavy atom. The van der Waals surface area contributed by atoms with Crippen molar-refractivity contribution < 1.29 is 57.8 Å². The lowest BCUT2D eigenvalue weighted by molar-refractivity contribution is -0.121. The van der Waals surface area contributed by atoms with E-state index in [1.807, 2.05) is 0 Å². The number of hydrogen-bond donors (Lipinski definition) is 9. The second-order valence-electron chi connectivity index (χ2n) is 36.3. The number of hydrogen-bond acceptors (Lipinski definition) is 13. The topological polar surface area (TPSA) is 416 Å². The molecule has 0 saturated heterocycles. The van der Waals surface area contributed by atoms with Gasteiger partial charge in [0.25, 0.3) is 0 Å². The molecule has 17 N–H and O–H groups in total. The Morgan fingerprint density at radius 1 is 0.197 bits per heavy atom. The number of aliphatic hydroxyl groups is 1. The summed E-state index contributed by atoms with van der Waals surface area (Å²) < 4.78 is 0. The van der Waals surface area contributed by atoms with Gasteiger partial charge in [-0.15, -0.1) is 0 Å². The Balaban J connectivity index is 3.35. The Bertz CT molecular complexity index is 2980. The molecular formula is C102H176N8O12. The van der Waals surface area contributed by atoms with Gasteiger partial charge in [0.15, 0.2) is 5.88 Å². The quantitative estimate of drug-likeness (QED) is 0.0220. The molecule has 2 aromatic rings. The van der Waals surface area contributed by atoms with Crippen LogP contribution in [-0.2, 0) is 52.7 Å². The number of benzene rings is 2. The summed E-state index contributed by atoms with van der Waals surface area (Å²) in [5, 5.41) is 11.3. The van der Waals surface area contributed by atoms with Gasteiger partial charge in [-0.25, -0.2) is 0 Å². The van der Waals surface area contributed by atoms with Crippen LogP contribution in [0.3, 0.4) is 0 Å². The first-order chi connectivity index (χ1) is 59.0. The highest BCUT2D eigenvalue weighted by Gasteiger charge is 2.35. The summed E-state index contributed by atoms with van der Waals surface area (Å²) in [6, 6.07) is 8.81. The molecular weight excluding hydrogens is 1530 g/mol. The zero-order chi connectivity index (χ0) is 89.3. The standard InChI is InChI=1S/C102H176N8O12/c103-93(115)69-53-37-21-5-1-17-33-49-65-89(111)81(61-45-29-13-9-25-41-57-73-97(107)119)85-77-78-87(83(63-47-31-15-11-27-43-59-75-99(109)121)91(113)67-51-35-19-3-7-23-39-55-71-95(105)117)102-88(84(64-48-32-16-12-28-44-60-76-100(110)122)92(114)68-52-36-20-4-8-24-40-56-72-96(106)118)80-79-86(101(85)102)82(62-46-30-14-10-26-42-58-74-98(108)120)90(112)66-50-34-18-2-6-22-38-54-70-94(104)116/h69,77-84,115H,1-68,70-76,103H2,(H2,104,116)(H2,105,117)(H2,106,118)(H2,107,119)(H2,108,120)(H2,109,121)(H2,110,122). The van der Waals surface area contributed by atoms with Crippen molar-refractivity contribution in [3.63, 3.8) is 0 Å². The lowest BCUT2D eigenvalue weighted by Gasteiger charge is -2.30. The molecule has 0 saturated carbocycles. The van der Waals surface area contributed by atoms with Crippen LogP contribution in [-0.4, -0.2) is 69.6 Å². The normalized spacial score (nSPS) is 12.7. The van der Waals surface area contributed by atoms with Crippen molar-refractivity contribution in [2.24, 2.45) is 45.9 Å². The van der Waals surface area contributed by atoms with Crippen molar-refractivity contribution in [3.05, 3.63) is 58.5 Å². The first-order valence-corrected chi connectivity index (χ1v) is 49.9. The average molecular weight is 1710 g/mol. The molecule has 0 aromatic heterocycles. The third-order valence-corrected chi connectivity index (χ3v) is 25.3. The van der Waals surface area contributed by atoms with E-state index in [9.17, 15) is 38.7 Å². The molecule has 0 bridgehead atoms. The van der Waals surface area contributed by atoms with Crippen molar-refractivity contribution >= 4 is 75.3 Å². The maximum absolute atomic E-state index is 16.1. The van der Waals surface area contributed by atoms with E-state index in [0.717, 1.165) is 418 Å². The predicted octanol–water partition coefficient (Wildman–Crippen LogP) is 23.5. The number of amides is 7. The van der Waals surface area contributed by atoms with Gasteiger partial charge in [0.05, 0.1) is 0 Å². The molecule has 4 atom stereocenters. The molecule has 696 valence electrons. The molecule has 0 radical (unpaired) electrons. The number of carbonyl (C=O) groups is 11. The predicted molar refractivity (Wildman–Crippen MR) is 500 cm³/mol. The summed E-state index contributed by atoms with van der Waals surface area (Å²) in [4.78, 5) is 146. The molecule has 20 nitrogen and oxygen atoms in total. The summed E-state index contributed by atoms with van der Waals surface area (Å²) in [5.41, 5.74) is 47.6. The molecule has 122 heavy (non-hydrogen) atoms. The maximum atomic E-state index is 16.1. The van der Waals surface area contributed by atoms with E-state index in [-0.39, 0.29) is 70.4 Å². The molecule has 4 unspecified atom stereocenters. The fraction of sp³-hybridized carbons (Fsp3) is 0.775. The summed E-state index contributed by atoms with van der Waals surface area (Å²) in [7, 11) is 0. The minimum Gasteiger partial charge on any atom is -0.495 e. The van der Waals surface area contributed by atoms with Gasteiger partial charge in [-0.1, -0.05) is 326 Å². The number of Topliss-reactive ketones (excluding diaryl/α,β-unsaturated/α-hetero) is 4. The number of fused-ring (bicyclic) bond motifs is 1. The van der Waals surface area contributed by atoms with Crippen molar-refractivity contribution in [1.29, 1.82) is 0 Å². The van der Waals surface area contributed by atoms with Gasteiger partial charge in [-0.3, -0.25) is 52.7 Å². The minimum absolute atomic E-state index is 0.148. The largest absolute Gasteiger partial charge is 0.495 e. The number of unbranched alkanes of at least 4 members (excludes halogenated alkanes) is 52. The summed E-state index contributed by atoms with van der Waals surface area (Å²) >= 11 is 0. The molecule has 2 rings (SSSR count). The molecule has 20 heteroatoms. The lowest BCUT2D eigenvalue weighted by atomic mass is 9.73. The van der Waals surface area contributed by atoms with E-state index >= 15 is 19.2 Å². The van der Waals surface area contributed by atoms with E-state index in [1.54, 1.807) is 6.08 Å². The van der Waals surface area contributed by atoms with Gasteiger partial charge in [-0.05, 0) is 148 Å². The molecule has 0 spiro atoms. The molecule has 0 aliphatic heterocycles. The van der Waals surface area contributed by atoms with Crippen LogP contribution in [0.2, 0.25) is 0 Å². The molecule has 7 amide bonds. The Kier molecular flexibility index (Phi) is 68.6. The third kappa shape index (κ3) is 59.0. The van der Waals surface area contributed by atoms with E-state index in [2.05, 4.69) is 24.3 Å². The Hall–Kier alpha value is -6.99. The number of carbonyl (C=O) groups excluding carboxylic acids is 11. The molecule has 0 aliphatic carbocycles. The SMILES string of the molecule is NC(=O)CCCCCCCCCCC(=O)C(CCCCCCCCCC(N)=O)c1ccc(C(CCCCCCCCCC(N)=O)C(=O)CCCCCCCCCCC(N)=O)c2c(C(CCCCCCCCCC(N)=O)C(=O)CCCCCCCCCCC(N)=O)ccc(C(CCCCCCCCCC(N)=O)C(=O)CCCCCCCCCC=C(N)O)c12. The number of nitrogens with two attached hydrogens (primary N) is 8. The molecule has 0 heterocycles. The average Bonchev–Trinajstić information content (AvgIpc) is 0.733. The Morgan fingerprint density at radius 2 is 0.328 bits per heavy atom.